The minimum atomic E-state index is -0.621. The monoisotopic (exact) mass is 430 g/mol. The van der Waals surface area contributed by atoms with E-state index < -0.39 is 11.7 Å². The first kappa shape index (κ1) is 16.1. The van der Waals surface area contributed by atoms with Crippen molar-refractivity contribution in [2.45, 2.75) is 0 Å². The molecule has 0 aliphatic carbocycles. The smallest absolute Gasteiger partial charge is 0.258 e. The van der Waals surface area contributed by atoms with Gasteiger partial charge in [0.2, 0.25) is 0 Å². The third-order valence-electron chi connectivity index (χ3n) is 2.69. The van der Waals surface area contributed by atoms with Crippen LogP contribution in [0, 0.1) is 5.82 Å². The lowest BCUT2D eigenvalue weighted by Crippen LogP contribution is -2.18. The first-order valence-electron chi connectivity index (χ1n) is 5.75. The first-order chi connectivity index (χ1) is 9.90. The molecule has 0 aliphatic rings. The largest absolute Gasteiger partial charge is 0.389 e. The molecular weight excluding hydrogens is 423 g/mol. The van der Waals surface area contributed by atoms with Gasteiger partial charge in [-0.25, -0.2) is 4.39 Å². The molecule has 0 unspecified atom stereocenters. The maximum Gasteiger partial charge on any atom is 0.258 e. The van der Waals surface area contributed by atoms with Crippen LogP contribution in [-0.4, -0.2) is 10.9 Å². The predicted octanol–water partition coefficient (Wildman–Crippen LogP) is 4.24. The average molecular weight is 432 g/mol. The molecule has 2 aromatic carbocycles. The fourth-order valence-corrected chi connectivity index (χ4v) is 2.59. The molecule has 0 saturated carbocycles. The minimum absolute atomic E-state index is 0.0683. The number of nitrogens with two attached hydrogens (primary N) is 1. The Kier molecular flexibility index (Phi) is 5.08. The fourth-order valence-electron chi connectivity index (χ4n) is 1.70. The molecule has 3 nitrogen and oxygen atoms in total. The standard InChI is InChI=1S/C14H9Br2FN2OS/c15-7-4-5-11(9(6-7)13(18)21)19-14(20)8-2-1-3-10(16)12(8)17/h1-6H,(H2,18,21)(H,19,20). The third-order valence-corrected chi connectivity index (χ3v) is 4.02. The van der Waals surface area contributed by atoms with Gasteiger partial charge < -0.3 is 11.1 Å². The second-order valence-corrected chi connectivity index (χ2v) is 6.32. The number of hydrogen-bond donors (Lipinski definition) is 2. The SMILES string of the molecule is NC(=S)c1cc(Br)ccc1NC(=O)c1cccc(Br)c1F. The molecule has 0 heterocycles. The lowest BCUT2D eigenvalue weighted by Gasteiger charge is -2.11. The molecule has 0 atom stereocenters. The van der Waals surface area contributed by atoms with Crippen LogP contribution in [0.3, 0.4) is 0 Å². The van der Waals surface area contributed by atoms with Gasteiger partial charge in [0.1, 0.15) is 10.8 Å². The molecule has 108 valence electrons. The summed E-state index contributed by atoms with van der Waals surface area (Å²) >= 11 is 11.3. The average Bonchev–Trinajstić information content (AvgIpc) is 2.43. The van der Waals surface area contributed by atoms with Crippen molar-refractivity contribution in [2.75, 3.05) is 5.32 Å². The van der Waals surface area contributed by atoms with Gasteiger partial charge >= 0.3 is 0 Å². The molecule has 0 radical (unpaired) electrons. The Balaban J connectivity index is 2.36. The van der Waals surface area contributed by atoms with Crippen molar-refractivity contribution in [2.24, 2.45) is 5.73 Å². The predicted molar refractivity (Wildman–Crippen MR) is 92.1 cm³/mol. The van der Waals surface area contributed by atoms with E-state index in [4.69, 9.17) is 18.0 Å². The lowest BCUT2D eigenvalue weighted by molar-refractivity contribution is 0.102. The molecule has 0 fully saturated rings. The van der Waals surface area contributed by atoms with Gasteiger partial charge in [-0.05, 0) is 46.3 Å². The van der Waals surface area contributed by atoms with Crippen molar-refractivity contribution in [3.05, 3.63) is 62.3 Å². The van der Waals surface area contributed by atoms with Crippen molar-refractivity contribution < 1.29 is 9.18 Å². The number of amides is 1. The second-order valence-electron chi connectivity index (χ2n) is 4.11. The van der Waals surface area contributed by atoms with Crippen LogP contribution in [0.15, 0.2) is 45.3 Å². The summed E-state index contributed by atoms with van der Waals surface area (Å²) in [5.74, 6) is -1.20. The molecule has 2 rings (SSSR count). The van der Waals surface area contributed by atoms with E-state index in [1.807, 2.05) is 0 Å². The van der Waals surface area contributed by atoms with Crippen LogP contribution in [0.5, 0.6) is 0 Å². The first-order valence-corrected chi connectivity index (χ1v) is 7.74. The molecule has 0 aliphatic heterocycles. The lowest BCUT2D eigenvalue weighted by atomic mass is 10.1. The number of anilines is 1. The Morgan fingerprint density at radius 2 is 1.90 bits per heavy atom. The Hall–Kier alpha value is -1.31. The summed E-state index contributed by atoms with van der Waals surface area (Å²) in [6.45, 7) is 0. The van der Waals surface area contributed by atoms with Gasteiger partial charge in [-0.2, -0.15) is 0 Å². The van der Waals surface area contributed by atoms with Crippen LogP contribution in [0.25, 0.3) is 0 Å². The van der Waals surface area contributed by atoms with Crippen molar-refractivity contribution >= 4 is 60.7 Å². The van der Waals surface area contributed by atoms with Gasteiger partial charge in [-0.1, -0.05) is 34.2 Å². The number of carbonyl (C=O) groups is 1. The summed E-state index contributed by atoms with van der Waals surface area (Å²) in [5.41, 5.74) is 6.49. The van der Waals surface area contributed by atoms with Crippen molar-refractivity contribution in [3.63, 3.8) is 0 Å². The summed E-state index contributed by atoms with van der Waals surface area (Å²) in [6, 6.07) is 9.56. The highest BCUT2D eigenvalue weighted by atomic mass is 79.9. The Bertz CT molecular complexity index is 737. The van der Waals surface area contributed by atoms with E-state index in [1.165, 1.54) is 12.1 Å². The molecule has 21 heavy (non-hydrogen) atoms. The number of hydrogen-bond acceptors (Lipinski definition) is 2. The summed E-state index contributed by atoms with van der Waals surface area (Å²) in [6.07, 6.45) is 0. The van der Waals surface area contributed by atoms with Gasteiger partial charge in [-0.3, -0.25) is 4.79 Å². The maximum absolute atomic E-state index is 13.9. The molecule has 0 saturated heterocycles. The van der Waals surface area contributed by atoms with Crippen molar-refractivity contribution in [3.8, 4) is 0 Å². The number of carbonyl (C=O) groups excluding carboxylic acids is 1. The zero-order chi connectivity index (χ0) is 15.6. The van der Waals surface area contributed by atoms with Gasteiger partial charge in [-0.15, -0.1) is 0 Å². The van der Waals surface area contributed by atoms with Crippen LogP contribution in [0.1, 0.15) is 15.9 Å². The Morgan fingerprint density at radius 1 is 1.19 bits per heavy atom. The molecule has 0 bridgehead atoms. The fraction of sp³-hybridized carbons (Fsp3) is 0. The highest BCUT2D eigenvalue weighted by molar-refractivity contribution is 9.10. The minimum Gasteiger partial charge on any atom is -0.389 e. The normalized spacial score (nSPS) is 10.2. The summed E-state index contributed by atoms with van der Waals surface area (Å²) in [7, 11) is 0. The van der Waals surface area contributed by atoms with Crippen LogP contribution >= 0.6 is 44.1 Å². The molecule has 2 aromatic rings. The molecule has 1 amide bonds. The van der Waals surface area contributed by atoms with Crippen LogP contribution in [0.4, 0.5) is 10.1 Å². The zero-order valence-corrected chi connectivity index (χ0v) is 14.5. The quantitative estimate of drug-likeness (QED) is 0.714. The number of benzene rings is 2. The summed E-state index contributed by atoms with van der Waals surface area (Å²) in [4.78, 5) is 12.3. The molecule has 7 heteroatoms. The molecule has 3 N–H and O–H groups in total. The topological polar surface area (TPSA) is 55.1 Å². The van der Waals surface area contributed by atoms with Gasteiger partial charge in [0, 0.05) is 10.0 Å². The Labute approximate surface area is 143 Å². The molecular formula is C14H9Br2FN2OS. The van der Waals surface area contributed by atoms with Crippen LogP contribution < -0.4 is 11.1 Å². The van der Waals surface area contributed by atoms with Crippen LogP contribution in [-0.2, 0) is 0 Å². The number of thiocarbonyl (C=S) groups is 1. The highest BCUT2D eigenvalue weighted by Crippen LogP contribution is 2.23. The highest BCUT2D eigenvalue weighted by Gasteiger charge is 2.16. The maximum atomic E-state index is 13.9. The summed E-state index contributed by atoms with van der Waals surface area (Å²) < 4.78 is 14.9. The van der Waals surface area contributed by atoms with E-state index in [2.05, 4.69) is 37.2 Å². The van der Waals surface area contributed by atoms with Gasteiger partial charge in [0.05, 0.1) is 15.7 Å². The van der Waals surface area contributed by atoms with E-state index >= 15 is 0 Å². The van der Waals surface area contributed by atoms with Crippen LogP contribution in [0.2, 0.25) is 0 Å². The van der Waals surface area contributed by atoms with Gasteiger partial charge in [0.15, 0.2) is 0 Å². The van der Waals surface area contributed by atoms with E-state index in [0.29, 0.717) is 11.3 Å². The third kappa shape index (κ3) is 3.66. The molecule has 0 aromatic heterocycles. The van der Waals surface area contributed by atoms with Crippen molar-refractivity contribution in [1.29, 1.82) is 0 Å². The number of halogens is 3. The van der Waals surface area contributed by atoms with E-state index in [0.717, 1.165) is 4.47 Å². The second kappa shape index (κ2) is 6.64. The van der Waals surface area contributed by atoms with Crippen molar-refractivity contribution in [1.82, 2.24) is 0 Å². The van der Waals surface area contributed by atoms with Gasteiger partial charge in [0.25, 0.3) is 5.91 Å². The number of nitrogens with one attached hydrogen (secondary N) is 1. The van der Waals surface area contributed by atoms with E-state index in [9.17, 15) is 9.18 Å². The van der Waals surface area contributed by atoms with E-state index in [1.54, 1.807) is 24.3 Å². The molecule has 0 spiro atoms. The Morgan fingerprint density at radius 3 is 2.57 bits per heavy atom. The zero-order valence-electron chi connectivity index (χ0n) is 10.5. The summed E-state index contributed by atoms with van der Waals surface area (Å²) in [5, 5.41) is 2.62. The van der Waals surface area contributed by atoms with E-state index in [-0.39, 0.29) is 15.0 Å². The number of rotatable bonds is 3.